The second kappa shape index (κ2) is 12.6. The number of hydrogen-bond donors (Lipinski definition) is 2. The van der Waals surface area contributed by atoms with Gasteiger partial charge in [0.25, 0.3) is 0 Å². The first-order valence-corrected chi connectivity index (χ1v) is 9.12. The van der Waals surface area contributed by atoms with Crippen LogP contribution in [0.25, 0.3) is 0 Å². The Kier molecular flexibility index (Phi) is 11.4. The van der Waals surface area contributed by atoms with Crippen molar-refractivity contribution in [3.05, 3.63) is 0 Å². The van der Waals surface area contributed by atoms with E-state index in [4.69, 9.17) is 5.11 Å². The number of unbranched alkanes of at least 4 members (excludes halogenated alkanes) is 7. The van der Waals surface area contributed by atoms with Crippen molar-refractivity contribution in [3.8, 4) is 0 Å². The summed E-state index contributed by atoms with van der Waals surface area (Å²) in [6, 6.07) is 0. The van der Waals surface area contributed by atoms with Gasteiger partial charge in [-0.3, -0.25) is 0 Å². The summed E-state index contributed by atoms with van der Waals surface area (Å²) in [5.41, 5.74) is 0. The molecule has 1 rings (SSSR count). The normalized spacial score (nSPS) is 18.3. The van der Waals surface area contributed by atoms with Crippen molar-refractivity contribution in [3.63, 3.8) is 0 Å². The Balaban J connectivity index is 1.74. The zero-order chi connectivity index (χ0) is 14.5. The summed E-state index contributed by atoms with van der Waals surface area (Å²) in [6.45, 7) is -0.0823. The van der Waals surface area contributed by atoms with Crippen molar-refractivity contribution in [2.75, 3.05) is 6.61 Å². The quantitative estimate of drug-likeness (QED) is 0.504. The maximum atomic E-state index is 9.22. The highest BCUT2D eigenvalue weighted by molar-refractivity contribution is 4.65. The summed E-state index contributed by atoms with van der Waals surface area (Å²) in [6.07, 6.45) is 19.8. The fourth-order valence-corrected chi connectivity index (χ4v) is 3.44. The molecule has 120 valence electrons. The van der Waals surface area contributed by atoms with Crippen LogP contribution in [0, 0.1) is 5.92 Å². The van der Waals surface area contributed by atoms with E-state index in [1.165, 1.54) is 83.5 Å². The van der Waals surface area contributed by atoms with Crippen molar-refractivity contribution in [2.45, 2.75) is 102 Å². The van der Waals surface area contributed by atoms with Crippen molar-refractivity contribution in [1.82, 2.24) is 0 Å². The van der Waals surface area contributed by atoms with Gasteiger partial charge in [0.15, 0.2) is 0 Å². The van der Waals surface area contributed by atoms with E-state index in [2.05, 4.69) is 0 Å². The Morgan fingerprint density at radius 1 is 0.750 bits per heavy atom. The lowest BCUT2D eigenvalue weighted by Crippen LogP contribution is -2.10. The number of aliphatic hydroxyl groups is 2. The number of aliphatic hydroxyl groups excluding tert-OH is 2. The lowest BCUT2D eigenvalue weighted by Gasteiger charge is -2.21. The molecular formula is C18H36O2. The molecule has 1 fully saturated rings. The Morgan fingerprint density at radius 3 is 1.90 bits per heavy atom. The SMILES string of the molecule is OCC(O)CCCCCCCCCCC1CCCCC1. The molecule has 0 heterocycles. The molecule has 1 saturated carbocycles. The monoisotopic (exact) mass is 284 g/mol. The van der Waals surface area contributed by atoms with Crippen LogP contribution < -0.4 is 0 Å². The van der Waals surface area contributed by atoms with Gasteiger partial charge in [0.05, 0.1) is 12.7 Å². The van der Waals surface area contributed by atoms with Crippen LogP contribution in [0.1, 0.15) is 96.3 Å². The van der Waals surface area contributed by atoms with Gasteiger partial charge in [0, 0.05) is 0 Å². The fraction of sp³-hybridized carbons (Fsp3) is 1.00. The topological polar surface area (TPSA) is 40.5 Å². The van der Waals surface area contributed by atoms with E-state index in [9.17, 15) is 5.11 Å². The van der Waals surface area contributed by atoms with Gasteiger partial charge in [-0.15, -0.1) is 0 Å². The minimum absolute atomic E-state index is 0.0823. The molecule has 0 amide bonds. The van der Waals surface area contributed by atoms with E-state index in [1.54, 1.807) is 0 Å². The van der Waals surface area contributed by atoms with Crippen molar-refractivity contribution < 1.29 is 10.2 Å². The summed E-state index contributed by atoms with van der Waals surface area (Å²) in [7, 11) is 0. The number of hydrogen-bond acceptors (Lipinski definition) is 2. The molecule has 0 saturated heterocycles. The lowest BCUT2D eigenvalue weighted by molar-refractivity contribution is 0.0860. The number of rotatable bonds is 12. The zero-order valence-electron chi connectivity index (χ0n) is 13.4. The van der Waals surface area contributed by atoms with Gasteiger partial charge < -0.3 is 10.2 Å². The average molecular weight is 284 g/mol. The molecule has 0 aromatic carbocycles. The van der Waals surface area contributed by atoms with E-state index in [-0.39, 0.29) is 6.61 Å². The first kappa shape index (κ1) is 18.0. The van der Waals surface area contributed by atoms with E-state index in [1.807, 2.05) is 0 Å². The summed E-state index contributed by atoms with van der Waals surface area (Å²) in [4.78, 5) is 0. The van der Waals surface area contributed by atoms with Crippen molar-refractivity contribution in [2.24, 2.45) is 5.92 Å². The summed E-state index contributed by atoms with van der Waals surface area (Å²) >= 11 is 0. The van der Waals surface area contributed by atoms with E-state index >= 15 is 0 Å². The highest BCUT2D eigenvalue weighted by atomic mass is 16.3. The molecule has 0 radical (unpaired) electrons. The van der Waals surface area contributed by atoms with E-state index in [0.29, 0.717) is 0 Å². The smallest absolute Gasteiger partial charge is 0.0770 e. The second-order valence-corrected chi connectivity index (χ2v) is 6.75. The lowest BCUT2D eigenvalue weighted by atomic mass is 9.85. The third-order valence-corrected chi connectivity index (χ3v) is 4.84. The first-order chi connectivity index (χ1) is 9.83. The summed E-state index contributed by atoms with van der Waals surface area (Å²) in [5, 5.41) is 17.9. The molecule has 2 N–H and O–H groups in total. The van der Waals surface area contributed by atoms with Crippen LogP contribution in [0.5, 0.6) is 0 Å². The standard InChI is InChI=1S/C18H36O2/c19-16-18(20)15-11-6-4-2-1-3-5-8-12-17-13-9-7-10-14-17/h17-20H,1-16H2. The maximum Gasteiger partial charge on any atom is 0.0770 e. The molecule has 1 unspecified atom stereocenters. The molecule has 2 nitrogen and oxygen atoms in total. The maximum absolute atomic E-state index is 9.22. The van der Waals surface area contributed by atoms with Gasteiger partial charge in [-0.2, -0.15) is 0 Å². The zero-order valence-corrected chi connectivity index (χ0v) is 13.4. The third-order valence-electron chi connectivity index (χ3n) is 4.84. The van der Waals surface area contributed by atoms with Crippen LogP contribution in [-0.2, 0) is 0 Å². The third kappa shape index (κ3) is 9.77. The molecule has 1 aliphatic rings. The van der Waals surface area contributed by atoms with Gasteiger partial charge in [-0.25, -0.2) is 0 Å². The highest BCUT2D eigenvalue weighted by Crippen LogP contribution is 2.28. The second-order valence-electron chi connectivity index (χ2n) is 6.75. The van der Waals surface area contributed by atoms with Crippen LogP contribution in [0.2, 0.25) is 0 Å². The van der Waals surface area contributed by atoms with Crippen LogP contribution in [0.15, 0.2) is 0 Å². The Bertz CT molecular complexity index is 200. The predicted octanol–water partition coefficient (Wildman–Crippen LogP) is 4.82. The Morgan fingerprint density at radius 2 is 1.30 bits per heavy atom. The first-order valence-electron chi connectivity index (χ1n) is 9.12. The van der Waals surface area contributed by atoms with Crippen LogP contribution in [0.3, 0.4) is 0 Å². The van der Waals surface area contributed by atoms with Gasteiger partial charge in [-0.05, 0) is 12.3 Å². The van der Waals surface area contributed by atoms with Gasteiger partial charge in [-0.1, -0.05) is 89.9 Å². The molecule has 1 atom stereocenters. The Hall–Kier alpha value is -0.0800. The van der Waals surface area contributed by atoms with Crippen LogP contribution >= 0.6 is 0 Å². The average Bonchev–Trinajstić information content (AvgIpc) is 2.50. The molecule has 0 bridgehead atoms. The molecular weight excluding hydrogens is 248 g/mol. The minimum Gasteiger partial charge on any atom is -0.394 e. The van der Waals surface area contributed by atoms with E-state index in [0.717, 1.165) is 18.8 Å². The molecule has 1 aliphatic carbocycles. The van der Waals surface area contributed by atoms with Crippen molar-refractivity contribution in [1.29, 1.82) is 0 Å². The Labute approximate surface area is 126 Å². The highest BCUT2D eigenvalue weighted by Gasteiger charge is 2.12. The van der Waals surface area contributed by atoms with Crippen LogP contribution in [0.4, 0.5) is 0 Å². The summed E-state index contributed by atoms with van der Waals surface area (Å²) in [5.74, 6) is 1.06. The molecule has 0 aromatic heterocycles. The molecule has 0 spiro atoms. The van der Waals surface area contributed by atoms with E-state index < -0.39 is 6.10 Å². The largest absolute Gasteiger partial charge is 0.394 e. The van der Waals surface area contributed by atoms with Gasteiger partial charge in [0.2, 0.25) is 0 Å². The fourth-order valence-electron chi connectivity index (χ4n) is 3.44. The molecule has 0 aliphatic heterocycles. The van der Waals surface area contributed by atoms with Crippen molar-refractivity contribution >= 4 is 0 Å². The van der Waals surface area contributed by atoms with Crippen LogP contribution in [-0.4, -0.2) is 22.9 Å². The molecule has 0 aromatic rings. The molecule has 20 heavy (non-hydrogen) atoms. The van der Waals surface area contributed by atoms with Gasteiger partial charge >= 0.3 is 0 Å². The molecule has 2 heteroatoms. The summed E-state index contributed by atoms with van der Waals surface area (Å²) < 4.78 is 0. The predicted molar refractivity (Wildman–Crippen MR) is 85.8 cm³/mol. The minimum atomic E-state index is -0.491. The van der Waals surface area contributed by atoms with Gasteiger partial charge in [0.1, 0.15) is 0 Å².